The van der Waals surface area contributed by atoms with E-state index in [1.807, 2.05) is 0 Å². The Morgan fingerprint density at radius 1 is 1.53 bits per heavy atom. The zero-order valence-corrected chi connectivity index (χ0v) is 9.50. The molecule has 0 unspecified atom stereocenters. The fourth-order valence-corrected chi connectivity index (χ4v) is 1.52. The van der Waals surface area contributed by atoms with Crippen molar-refractivity contribution in [3.63, 3.8) is 0 Å². The Bertz CT molecular complexity index is 485. The molecule has 0 aliphatic carbocycles. The number of alkyl halides is 2. The minimum atomic E-state index is -3.02. The van der Waals surface area contributed by atoms with Crippen LogP contribution in [-0.4, -0.2) is 19.7 Å². The zero-order chi connectivity index (χ0) is 13.0. The highest BCUT2D eigenvalue weighted by atomic mass is 32.1. The summed E-state index contributed by atoms with van der Waals surface area (Å²) in [4.78, 5) is 11.4. The Morgan fingerprint density at radius 3 is 2.65 bits per heavy atom. The van der Waals surface area contributed by atoms with Gasteiger partial charge in [-0.1, -0.05) is 0 Å². The lowest BCUT2D eigenvalue weighted by molar-refractivity contribution is -0.0499. The van der Waals surface area contributed by atoms with E-state index in [4.69, 9.17) is 5.26 Å². The van der Waals surface area contributed by atoms with Gasteiger partial charge in [-0.25, -0.2) is 4.79 Å². The van der Waals surface area contributed by atoms with Crippen molar-refractivity contribution in [3.05, 3.63) is 23.3 Å². The maximum Gasteiger partial charge on any atom is 0.387 e. The summed E-state index contributed by atoms with van der Waals surface area (Å²) in [6.07, 6.45) is 0. The van der Waals surface area contributed by atoms with Crippen LogP contribution in [0.5, 0.6) is 5.75 Å². The molecule has 1 aromatic rings. The van der Waals surface area contributed by atoms with Gasteiger partial charge < -0.3 is 9.47 Å². The molecule has 0 heterocycles. The number of nitriles is 1. The number of hydrogen-bond acceptors (Lipinski definition) is 5. The lowest BCUT2D eigenvalue weighted by Crippen LogP contribution is -2.08. The zero-order valence-electron chi connectivity index (χ0n) is 8.61. The van der Waals surface area contributed by atoms with Gasteiger partial charge in [-0.3, -0.25) is 0 Å². The number of thiol groups is 1. The molecule has 0 atom stereocenters. The van der Waals surface area contributed by atoms with Crippen molar-refractivity contribution in [2.75, 3.05) is 7.11 Å². The van der Waals surface area contributed by atoms with Gasteiger partial charge in [0.1, 0.15) is 11.8 Å². The normalized spacial score (nSPS) is 9.88. The van der Waals surface area contributed by atoms with E-state index in [0.717, 1.165) is 19.2 Å². The first kappa shape index (κ1) is 13.3. The van der Waals surface area contributed by atoms with Crippen molar-refractivity contribution in [2.45, 2.75) is 11.5 Å². The number of rotatable bonds is 3. The van der Waals surface area contributed by atoms with Gasteiger partial charge in [0.15, 0.2) is 0 Å². The van der Waals surface area contributed by atoms with E-state index in [1.165, 1.54) is 0 Å². The van der Waals surface area contributed by atoms with E-state index in [0.29, 0.717) is 0 Å². The minimum absolute atomic E-state index is 0.0338. The third kappa shape index (κ3) is 3.07. The minimum Gasteiger partial charge on any atom is -0.465 e. The molecule has 1 aromatic carbocycles. The molecule has 0 saturated carbocycles. The lowest BCUT2D eigenvalue weighted by Gasteiger charge is -2.09. The van der Waals surface area contributed by atoms with Crippen molar-refractivity contribution < 1.29 is 23.0 Å². The standard InChI is InChI=1S/C10H7F2NO3S/c1-15-9(14)8-5(4-13)2-6(3-7(8)17)16-10(11)12/h2-3,10,17H,1H3. The summed E-state index contributed by atoms with van der Waals surface area (Å²) < 4.78 is 32.6. The van der Waals surface area contributed by atoms with Crippen LogP contribution in [0.3, 0.4) is 0 Å². The predicted octanol–water partition coefficient (Wildman–Crippen LogP) is 2.23. The topological polar surface area (TPSA) is 59.3 Å². The molecule has 0 radical (unpaired) electrons. The molecule has 17 heavy (non-hydrogen) atoms. The summed E-state index contributed by atoms with van der Waals surface area (Å²) >= 11 is 3.93. The number of carbonyl (C=O) groups excluding carboxylic acids is 1. The molecule has 7 heteroatoms. The maximum absolute atomic E-state index is 12.0. The van der Waals surface area contributed by atoms with Crippen LogP contribution in [-0.2, 0) is 4.74 Å². The predicted molar refractivity (Wildman–Crippen MR) is 56.4 cm³/mol. The average molecular weight is 259 g/mol. The first-order valence-corrected chi connectivity index (χ1v) is 4.74. The second-order valence-electron chi connectivity index (χ2n) is 2.85. The fourth-order valence-electron chi connectivity index (χ4n) is 1.18. The van der Waals surface area contributed by atoms with Gasteiger partial charge in [0.25, 0.3) is 0 Å². The molecular formula is C10H7F2NO3S. The molecule has 90 valence electrons. The average Bonchev–Trinajstić information content (AvgIpc) is 2.26. The highest BCUT2D eigenvalue weighted by molar-refractivity contribution is 7.80. The second kappa shape index (κ2) is 5.50. The smallest absolute Gasteiger partial charge is 0.387 e. The highest BCUT2D eigenvalue weighted by Gasteiger charge is 2.18. The largest absolute Gasteiger partial charge is 0.465 e. The molecule has 0 bridgehead atoms. The summed E-state index contributed by atoms with van der Waals surface area (Å²) in [7, 11) is 1.14. The highest BCUT2D eigenvalue weighted by Crippen LogP contribution is 2.26. The van der Waals surface area contributed by atoms with Crippen LogP contribution in [0.2, 0.25) is 0 Å². The third-order valence-corrected chi connectivity index (χ3v) is 2.18. The monoisotopic (exact) mass is 259 g/mol. The van der Waals surface area contributed by atoms with Gasteiger partial charge in [0.05, 0.1) is 18.2 Å². The van der Waals surface area contributed by atoms with Crippen LogP contribution in [0.4, 0.5) is 8.78 Å². The lowest BCUT2D eigenvalue weighted by atomic mass is 10.1. The summed E-state index contributed by atoms with van der Waals surface area (Å²) in [5.41, 5.74) is -0.222. The summed E-state index contributed by atoms with van der Waals surface area (Å²) in [5.74, 6) is -1.01. The van der Waals surface area contributed by atoms with Crippen LogP contribution >= 0.6 is 12.6 Å². The van der Waals surface area contributed by atoms with Gasteiger partial charge in [-0.2, -0.15) is 14.0 Å². The van der Waals surface area contributed by atoms with E-state index in [2.05, 4.69) is 22.1 Å². The molecule has 0 fully saturated rings. The van der Waals surface area contributed by atoms with Gasteiger partial charge in [0.2, 0.25) is 0 Å². The number of carbonyl (C=O) groups is 1. The van der Waals surface area contributed by atoms with Gasteiger partial charge in [-0.05, 0) is 12.1 Å². The van der Waals surface area contributed by atoms with Crippen molar-refractivity contribution in [3.8, 4) is 11.8 Å². The maximum atomic E-state index is 12.0. The molecule has 0 aromatic heterocycles. The molecule has 4 nitrogen and oxygen atoms in total. The van der Waals surface area contributed by atoms with Crippen molar-refractivity contribution in [2.24, 2.45) is 0 Å². The fraction of sp³-hybridized carbons (Fsp3) is 0.200. The molecule has 0 saturated heterocycles. The van der Waals surface area contributed by atoms with Crippen LogP contribution in [0.25, 0.3) is 0 Å². The number of benzene rings is 1. The Hall–Kier alpha value is -1.81. The van der Waals surface area contributed by atoms with Crippen LogP contribution in [0.15, 0.2) is 17.0 Å². The van der Waals surface area contributed by atoms with E-state index >= 15 is 0 Å². The number of methoxy groups -OCH3 is 1. The van der Waals surface area contributed by atoms with Crippen molar-refractivity contribution in [1.29, 1.82) is 5.26 Å². The molecule has 0 aliphatic rings. The Labute approximate surface area is 101 Å². The van der Waals surface area contributed by atoms with Crippen LogP contribution in [0, 0.1) is 11.3 Å². The quantitative estimate of drug-likeness (QED) is 0.668. The van der Waals surface area contributed by atoms with E-state index in [-0.39, 0.29) is 21.8 Å². The number of hydrogen-bond donors (Lipinski definition) is 1. The van der Waals surface area contributed by atoms with E-state index < -0.39 is 12.6 Å². The Morgan fingerprint density at radius 2 is 2.18 bits per heavy atom. The number of ether oxygens (including phenoxy) is 2. The van der Waals surface area contributed by atoms with Crippen LogP contribution < -0.4 is 4.74 Å². The van der Waals surface area contributed by atoms with E-state index in [9.17, 15) is 13.6 Å². The number of halogens is 2. The SMILES string of the molecule is COC(=O)c1c(S)cc(OC(F)F)cc1C#N. The van der Waals surface area contributed by atoms with Crippen molar-refractivity contribution in [1.82, 2.24) is 0 Å². The first-order valence-electron chi connectivity index (χ1n) is 4.29. The molecule has 0 spiro atoms. The Balaban J connectivity index is 3.27. The first-order chi connectivity index (χ1) is 7.99. The van der Waals surface area contributed by atoms with Crippen molar-refractivity contribution >= 4 is 18.6 Å². The summed E-state index contributed by atoms with van der Waals surface area (Å²) in [6.45, 7) is -3.02. The molecule has 0 N–H and O–H groups in total. The number of esters is 1. The van der Waals surface area contributed by atoms with E-state index in [1.54, 1.807) is 6.07 Å². The molecular weight excluding hydrogens is 252 g/mol. The molecule has 1 rings (SSSR count). The second-order valence-corrected chi connectivity index (χ2v) is 3.33. The third-order valence-electron chi connectivity index (χ3n) is 1.83. The summed E-state index contributed by atoms with van der Waals surface area (Å²) in [6, 6.07) is 3.83. The summed E-state index contributed by atoms with van der Waals surface area (Å²) in [5, 5.41) is 8.81. The van der Waals surface area contributed by atoms with Gasteiger partial charge >= 0.3 is 12.6 Å². The molecule has 0 aliphatic heterocycles. The number of nitrogens with zero attached hydrogens (tertiary/aromatic N) is 1. The molecule has 0 amide bonds. The van der Waals surface area contributed by atoms with Gasteiger partial charge in [0, 0.05) is 4.90 Å². The van der Waals surface area contributed by atoms with Gasteiger partial charge in [-0.15, -0.1) is 12.6 Å². The van der Waals surface area contributed by atoms with Crippen LogP contribution in [0.1, 0.15) is 15.9 Å². The Kier molecular flexibility index (Phi) is 4.29.